The third-order valence-electron chi connectivity index (χ3n) is 1.17. The summed E-state index contributed by atoms with van der Waals surface area (Å²) in [5, 5.41) is 0.712. The molecule has 0 radical (unpaired) electrons. The van der Waals surface area contributed by atoms with Gasteiger partial charge in [0.1, 0.15) is 5.69 Å². The number of hydrogen-bond donors (Lipinski definition) is 0. The molecule has 1 aromatic rings. The lowest BCUT2D eigenvalue weighted by Crippen LogP contribution is -1.95. The first-order valence-electron chi connectivity index (χ1n) is 2.93. The minimum Gasteiger partial charge on any atom is -0.293 e. The number of carbonyl (C=O) groups excluding carboxylic acids is 1. The SMILES string of the molecule is CC(=O)c1cc(Cl)c(Cl)cn1. The molecule has 0 aromatic carbocycles. The van der Waals surface area contributed by atoms with Gasteiger partial charge < -0.3 is 0 Å². The lowest BCUT2D eigenvalue weighted by atomic mass is 10.3. The van der Waals surface area contributed by atoms with Gasteiger partial charge in [-0.05, 0) is 6.07 Å². The lowest BCUT2D eigenvalue weighted by Gasteiger charge is -1.96. The molecule has 1 heterocycles. The van der Waals surface area contributed by atoms with E-state index in [-0.39, 0.29) is 5.78 Å². The Morgan fingerprint density at radius 1 is 1.45 bits per heavy atom. The summed E-state index contributed by atoms with van der Waals surface area (Å²) in [5.41, 5.74) is 0.333. The van der Waals surface area contributed by atoms with E-state index in [4.69, 9.17) is 23.2 Å². The Bertz CT molecular complexity index is 298. The van der Waals surface area contributed by atoms with E-state index in [1.807, 2.05) is 0 Å². The van der Waals surface area contributed by atoms with E-state index in [2.05, 4.69) is 4.98 Å². The minimum absolute atomic E-state index is 0.122. The Balaban J connectivity index is 3.15. The standard InChI is InChI=1S/C7H5Cl2NO/c1-4(11)7-2-5(8)6(9)3-10-7/h2-3H,1H3. The summed E-state index contributed by atoms with van der Waals surface area (Å²) in [5.74, 6) is -0.122. The van der Waals surface area contributed by atoms with Crippen molar-refractivity contribution in [3.05, 3.63) is 28.0 Å². The molecule has 0 fully saturated rings. The first-order chi connectivity index (χ1) is 5.11. The van der Waals surface area contributed by atoms with Crippen LogP contribution in [0.5, 0.6) is 0 Å². The van der Waals surface area contributed by atoms with Gasteiger partial charge in [0, 0.05) is 13.1 Å². The van der Waals surface area contributed by atoms with Crippen LogP contribution in [0, 0.1) is 0 Å². The summed E-state index contributed by atoms with van der Waals surface area (Å²) in [6, 6.07) is 1.45. The van der Waals surface area contributed by atoms with Crippen molar-refractivity contribution in [2.75, 3.05) is 0 Å². The second-order valence-corrected chi connectivity index (χ2v) is 2.85. The summed E-state index contributed by atoms with van der Waals surface area (Å²) >= 11 is 11.2. The smallest absolute Gasteiger partial charge is 0.178 e. The molecule has 0 N–H and O–H groups in total. The van der Waals surface area contributed by atoms with Crippen molar-refractivity contribution in [2.45, 2.75) is 6.92 Å². The van der Waals surface area contributed by atoms with Gasteiger partial charge in [-0.1, -0.05) is 23.2 Å². The number of halogens is 2. The monoisotopic (exact) mass is 189 g/mol. The van der Waals surface area contributed by atoms with E-state index in [9.17, 15) is 4.79 Å². The van der Waals surface area contributed by atoms with Crippen molar-refractivity contribution < 1.29 is 4.79 Å². The van der Waals surface area contributed by atoms with E-state index < -0.39 is 0 Å². The number of ketones is 1. The minimum atomic E-state index is -0.122. The number of hydrogen-bond acceptors (Lipinski definition) is 2. The van der Waals surface area contributed by atoms with Gasteiger partial charge in [-0.3, -0.25) is 9.78 Å². The van der Waals surface area contributed by atoms with Crippen molar-refractivity contribution in [1.29, 1.82) is 0 Å². The van der Waals surface area contributed by atoms with Crippen LogP contribution in [-0.2, 0) is 0 Å². The van der Waals surface area contributed by atoms with Crippen LogP contribution in [0.25, 0.3) is 0 Å². The van der Waals surface area contributed by atoms with Crippen LogP contribution in [-0.4, -0.2) is 10.8 Å². The number of aromatic nitrogens is 1. The molecule has 0 bridgehead atoms. The molecule has 0 atom stereocenters. The Morgan fingerprint density at radius 3 is 2.55 bits per heavy atom. The van der Waals surface area contributed by atoms with Gasteiger partial charge in [0.15, 0.2) is 5.78 Å². The topological polar surface area (TPSA) is 30.0 Å². The molecule has 2 nitrogen and oxygen atoms in total. The predicted molar refractivity (Wildman–Crippen MR) is 44.3 cm³/mol. The maximum absolute atomic E-state index is 10.7. The molecular formula is C7H5Cl2NO. The molecule has 0 aliphatic heterocycles. The molecule has 58 valence electrons. The van der Waals surface area contributed by atoms with Gasteiger partial charge in [0.05, 0.1) is 10.0 Å². The fraction of sp³-hybridized carbons (Fsp3) is 0.143. The number of carbonyl (C=O) groups is 1. The van der Waals surface area contributed by atoms with Crippen molar-refractivity contribution in [2.24, 2.45) is 0 Å². The highest BCUT2D eigenvalue weighted by atomic mass is 35.5. The average molecular weight is 190 g/mol. The van der Waals surface area contributed by atoms with E-state index in [1.165, 1.54) is 19.2 Å². The van der Waals surface area contributed by atoms with Gasteiger partial charge in [0.2, 0.25) is 0 Å². The van der Waals surface area contributed by atoms with Crippen LogP contribution >= 0.6 is 23.2 Å². The number of nitrogens with zero attached hydrogens (tertiary/aromatic N) is 1. The highest BCUT2D eigenvalue weighted by Crippen LogP contribution is 2.20. The van der Waals surface area contributed by atoms with Crippen molar-refractivity contribution in [1.82, 2.24) is 4.98 Å². The maximum atomic E-state index is 10.7. The van der Waals surface area contributed by atoms with Gasteiger partial charge >= 0.3 is 0 Å². The molecule has 0 amide bonds. The molecule has 1 aromatic heterocycles. The number of rotatable bonds is 1. The van der Waals surface area contributed by atoms with Crippen LogP contribution in [0.3, 0.4) is 0 Å². The van der Waals surface area contributed by atoms with Crippen molar-refractivity contribution >= 4 is 29.0 Å². The molecule has 1 rings (SSSR count). The molecule has 0 saturated heterocycles. The second-order valence-electron chi connectivity index (χ2n) is 2.04. The summed E-state index contributed by atoms with van der Waals surface area (Å²) in [7, 11) is 0. The first-order valence-corrected chi connectivity index (χ1v) is 3.69. The van der Waals surface area contributed by atoms with E-state index in [0.717, 1.165) is 0 Å². The first kappa shape index (κ1) is 8.50. The molecule has 4 heteroatoms. The number of pyridine rings is 1. The quantitative estimate of drug-likeness (QED) is 0.637. The second kappa shape index (κ2) is 3.20. The van der Waals surface area contributed by atoms with Crippen molar-refractivity contribution in [3.8, 4) is 0 Å². The zero-order valence-electron chi connectivity index (χ0n) is 5.77. The third-order valence-corrected chi connectivity index (χ3v) is 1.88. The van der Waals surface area contributed by atoms with Gasteiger partial charge in [0.25, 0.3) is 0 Å². The van der Waals surface area contributed by atoms with E-state index in [1.54, 1.807) is 0 Å². The Hall–Kier alpha value is -0.600. The summed E-state index contributed by atoms with van der Waals surface area (Å²) in [6.07, 6.45) is 1.36. The van der Waals surface area contributed by atoms with E-state index >= 15 is 0 Å². The normalized spacial score (nSPS) is 9.73. The highest BCUT2D eigenvalue weighted by molar-refractivity contribution is 6.42. The zero-order valence-corrected chi connectivity index (χ0v) is 7.28. The molecule has 0 unspecified atom stereocenters. The summed E-state index contributed by atoms with van der Waals surface area (Å²) in [6.45, 7) is 1.42. The van der Waals surface area contributed by atoms with E-state index in [0.29, 0.717) is 15.7 Å². The largest absolute Gasteiger partial charge is 0.293 e. The van der Waals surface area contributed by atoms with Crippen molar-refractivity contribution in [3.63, 3.8) is 0 Å². The molecule has 0 aliphatic rings. The maximum Gasteiger partial charge on any atom is 0.178 e. The summed E-state index contributed by atoms with van der Waals surface area (Å²) < 4.78 is 0. The molecule has 11 heavy (non-hydrogen) atoms. The van der Waals surface area contributed by atoms with Crippen LogP contribution in [0.15, 0.2) is 12.3 Å². The third kappa shape index (κ3) is 1.91. The average Bonchev–Trinajstić information content (AvgIpc) is 1.94. The van der Waals surface area contributed by atoms with Gasteiger partial charge in [-0.2, -0.15) is 0 Å². The van der Waals surface area contributed by atoms with Gasteiger partial charge in [-0.15, -0.1) is 0 Å². The van der Waals surface area contributed by atoms with Crippen LogP contribution in [0.4, 0.5) is 0 Å². The molecular weight excluding hydrogens is 185 g/mol. The van der Waals surface area contributed by atoms with Crippen LogP contribution < -0.4 is 0 Å². The Labute approximate surface area is 74.1 Å². The lowest BCUT2D eigenvalue weighted by molar-refractivity contribution is 0.101. The summed E-state index contributed by atoms with van der Waals surface area (Å²) in [4.78, 5) is 14.5. The van der Waals surface area contributed by atoms with Gasteiger partial charge in [-0.25, -0.2) is 0 Å². The fourth-order valence-corrected chi connectivity index (χ4v) is 0.862. The Kier molecular flexibility index (Phi) is 2.47. The predicted octanol–water partition coefficient (Wildman–Crippen LogP) is 2.59. The molecule has 0 spiro atoms. The molecule has 0 aliphatic carbocycles. The Morgan fingerprint density at radius 2 is 2.09 bits per heavy atom. The van der Waals surface area contributed by atoms with Crippen LogP contribution in [0.1, 0.15) is 17.4 Å². The number of Topliss-reactive ketones (excluding diaryl/α,β-unsaturated/α-hetero) is 1. The zero-order chi connectivity index (χ0) is 8.43. The molecule has 0 saturated carbocycles. The van der Waals surface area contributed by atoms with Crippen LogP contribution in [0.2, 0.25) is 10.0 Å². The fourth-order valence-electron chi connectivity index (χ4n) is 0.607. The highest BCUT2D eigenvalue weighted by Gasteiger charge is 2.03.